The Bertz CT molecular complexity index is 191. The topological polar surface area (TPSA) is 12.0 Å². The Balaban J connectivity index is 2.25. The predicted molar refractivity (Wildman–Crippen MR) is 62.1 cm³/mol. The third kappa shape index (κ3) is 4.15. The van der Waals surface area contributed by atoms with Gasteiger partial charge in [-0.1, -0.05) is 31.6 Å². The number of rotatable bonds is 3. The maximum atomic E-state index is 3.51. The highest BCUT2D eigenvalue weighted by Crippen LogP contribution is 2.25. The molecule has 1 saturated carbocycles. The maximum Gasteiger partial charge on any atom is 0.0578 e. The molecule has 0 bridgehead atoms. The predicted octanol–water partition coefficient (Wildman–Crippen LogP) is 2.96. The Kier molecular flexibility index (Phi) is 5.71. The molecular weight excluding hydrogens is 170 g/mol. The van der Waals surface area contributed by atoms with Crippen molar-refractivity contribution in [1.82, 2.24) is 5.32 Å². The second kappa shape index (κ2) is 6.90. The molecule has 1 aliphatic carbocycles. The van der Waals surface area contributed by atoms with Crippen LogP contribution in [0.3, 0.4) is 0 Å². The molecule has 0 unspecified atom stereocenters. The fraction of sp³-hybridized carbons (Fsp3) is 0.846. The van der Waals surface area contributed by atoms with E-state index in [2.05, 4.69) is 24.1 Å². The summed E-state index contributed by atoms with van der Waals surface area (Å²) in [7, 11) is 0. The zero-order chi connectivity index (χ0) is 10.2. The normalized spacial score (nSPS) is 20.7. The van der Waals surface area contributed by atoms with Gasteiger partial charge in [-0.25, -0.2) is 0 Å². The lowest BCUT2D eigenvalue weighted by Crippen LogP contribution is -2.33. The smallest absolute Gasteiger partial charge is 0.0578 e. The average molecular weight is 193 g/mol. The first-order valence-corrected chi connectivity index (χ1v) is 5.97. The Morgan fingerprint density at radius 3 is 2.43 bits per heavy atom. The third-order valence-electron chi connectivity index (χ3n) is 3.30. The van der Waals surface area contributed by atoms with E-state index in [0.717, 1.165) is 12.5 Å². The summed E-state index contributed by atoms with van der Waals surface area (Å²) in [6.07, 6.45) is 8.56. The lowest BCUT2D eigenvalue weighted by atomic mass is 9.93. The van der Waals surface area contributed by atoms with Crippen molar-refractivity contribution < 1.29 is 0 Å². The second-order valence-electron chi connectivity index (χ2n) is 4.35. The maximum absolute atomic E-state index is 3.51. The van der Waals surface area contributed by atoms with E-state index in [-0.39, 0.29) is 0 Å². The fourth-order valence-corrected chi connectivity index (χ4v) is 2.28. The van der Waals surface area contributed by atoms with Gasteiger partial charge in [0.15, 0.2) is 0 Å². The number of nitrogens with one attached hydrogen (secondary N) is 1. The van der Waals surface area contributed by atoms with E-state index in [4.69, 9.17) is 0 Å². The molecule has 0 amide bonds. The minimum Gasteiger partial charge on any atom is -0.303 e. The van der Waals surface area contributed by atoms with Crippen LogP contribution in [-0.4, -0.2) is 12.6 Å². The molecule has 80 valence electrons. The van der Waals surface area contributed by atoms with Gasteiger partial charge in [-0.05, 0) is 32.6 Å². The Morgan fingerprint density at radius 1 is 1.21 bits per heavy atom. The van der Waals surface area contributed by atoms with Gasteiger partial charge in [-0.15, -0.1) is 5.92 Å². The van der Waals surface area contributed by atoms with Gasteiger partial charge in [-0.3, -0.25) is 0 Å². The molecule has 1 nitrogen and oxygen atoms in total. The summed E-state index contributed by atoms with van der Waals surface area (Å²) in [6, 6.07) is 0.647. The first-order valence-electron chi connectivity index (χ1n) is 5.97. The highest BCUT2D eigenvalue weighted by molar-refractivity contribution is 4.97. The first kappa shape index (κ1) is 11.6. The van der Waals surface area contributed by atoms with Crippen molar-refractivity contribution >= 4 is 0 Å². The quantitative estimate of drug-likeness (QED) is 0.537. The van der Waals surface area contributed by atoms with Gasteiger partial charge in [0.05, 0.1) is 6.54 Å². The molecule has 0 aromatic rings. The molecule has 0 spiro atoms. The van der Waals surface area contributed by atoms with E-state index >= 15 is 0 Å². The van der Waals surface area contributed by atoms with Gasteiger partial charge in [0.25, 0.3) is 0 Å². The molecule has 0 saturated heterocycles. The van der Waals surface area contributed by atoms with Gasteiger partial charge < -0.3 is 5.32 Å². The molecule has 1 aliphatic rings. The van der Waals surface area contributed by atoms with Crippen molar-refractivity contribution in [2.24, 2.45) is 5.92 Å². The van der Waals surface area contributed by atoms with Crippen LogP contribution in [0, 0.1) is 17.8 Å². The molecule has 1 fully saturated rings. The SMILES string of the molecule is CC#CCN[C@@H](C)C1CCCCCC1. The zero-order valence-electron chi connectivity index (χ0n) is 9.60. The van der Waals surface area contributed by atoms with Crippen molar-refractivity contribution in [1.29, 1.82) is 0 Å². The van der Waals surface area contributed by atoms with E-state index < -0.39 is 0 Å². The summed E-state index contributed by atoms with van der Waals surface area (Å²) in [6.45, 7) is 5.07. The summed E-state index contributed by atoms with van der Waals surface area (Å²) < 4.78 is 0. The molecule has 0 aromatic carbocycles. The van der Waals surface area contributed by atoms with Crippen molar-refractivity contribution in [3.63, 3.8) is 0 Å². The van der Waals surface area contributed by atoms with Crippen LogP contribution >= 0.6 is 0 Å². The first-order chi connectivity index (χ1) is 6.84. The molecule has 0 aliphatic heterocycles. The van der Waals surface area contributed by atoms with Crippen LogP contribution in [0.1, 0.15) is 52.4 Å². The van der Waals surface area contributed by atoms with Gasteiger partial charge in [0.1, 0.15) is 0 Å². The molecule has 14 heavy (non-hydrogen) atoms. The van der Waals surface area contributed by atoms with E-state index in [1.54, 1.807) is 0 Å². The van der Waals surface area contributed by atoms with Gasteiger partial charge in [0, 0.05) is 6.04 Å². The minimum absolute atomic E-state index is 0.647. The van der Waals surface area contributed by atoms with Crippen LogP contribution in [0.2, 0.25) is 0 Å². The van der Waals surface area contributed by atoms with Gasteiger partial charge in [0.2, 0.25) is 0 Å². The summed E-state index contributed by atoms with van der Waals surface area (Å²) in [5.74, 6) is 6.88. The third-order valence-corrected chi connectivity index (χ3v) is 3.30. The molecule has 0 aromatic heterocycles. The number of hydrogen-bond donors (Lipinski definition) is 1. The van der Waals surface area contributed by atoms with Gasteiger partial charge >= 0.3 is 0 Å². The Hall–Kier alpha value is -0.480. The van der Waals surface area contributed by atoms with Crippen LogP contribution in [0.15, 0.2) is 0 Å². The standard InChI is InChI=1S/C13H23N/c1-3-4-11-14-12(2)13-9-7-5-6-8-10-13/h12-14H,5-11H2,1-2H3/t12-/m0/s1. The highest BCUT2D eigenvalue weighted by atomic mass is 14.9. The lowest BCUT2D eigenvalue weighted by molar-refractivity contribution is 0.348. The van der Waals surface area contributed by atoms with Crippen LogP contribution in [-0.2, 0) is 0 Å². The summed E-state index contributed by atoms with van der Waals surface area (Å²) in [5.41, 5.74) is 0. The van der Waals surface area contributed by atoms with Gasteiger partial charge in [-0.2, -0.15) is 0 Å². The van der Waals surface area contributed by atoms with Crippen molar-refractivity contribution in [3.8, 4) is 11.8 Å². The van der Waals surface area contributed by atoms with Crippen molar-refractivity contribution in [2.75, 3.05) is 6.54 Å². The monoisotopic (exact) mass is 193 g/mol. The summed E-state index contributed by atoms with van der Waals surface area (Å²) in [4.78, 5) is 0. The van der Waals surface area contributed by atoms with E-state index in [1.807, 2.05) is 6.92 Å². The number of hydrogen-bond acceptors (Lipinski definition) is 1. The zero-order valence-corrected chi connectivity index (χ0v) is 9.60. The van der Waals surface area contributed by atoms with E-state index in [9.17, 15) is 0 Å². The second-order valence-corrected chi connectivity index (χ2v) is 4.35. The summed E-state index contributed by atoms with van der Waals surface area (Å²) >= 11 is 0. The molecule has 1 N–H and O–H groups in total. The molecule has 0 radical (unpaired) electrons. The lowest BCUT2D eigenvalue weighted by Gasteiger charge is -2.22. The minimum atomic E-state index is 0.647. The van der Waals surface area contributed by atoms with Crippen LogP contribution < -0.4 is 5.32 Å². The molecule has 1 rings (SSSR count). The Labute approximate surface area is 88.7 Å². The van der Waals surface area contributed by atoms with Crippen molar-refractivity contribution in [2.45, 2.75) is 58.4 Å². The molecule has 1 atom stereocenters. The molecule has 1 heteroatoms. The van der Waals surface area contributed by atoms with Crippen LogP contribution in [0.25, 0.3) is 0 Å². The highest BCUT2D eigenvalue weighted by Gasteiger charge is 2.17. The Morgan fingerprint density at radius 2 is 1.86 bits per heavy atom. The summed E-state index contributed by atoms with van der Waals surface area (Å²) in [5, 5.41) is 3.51. The average Bonchev–Trinajstić information content (AvgIpc) is 2.46. The van der Waals surface area contributed by atoms with E-state index in [1.165, 1.54) is 38.5 Å². The molecular formula is C13H23N. The van der Waals surface area contributed by atoms with Crippen LogP contribution in [0.5, 0.6) is 0 Å². The van der Waals surface area contributed by atoms with E-state index in [0.29, 0.717) is 6.04 Å². The molecule has 0 heterocycles. The largest absolute Gasteiger partial charge is 0.303 e. The van der Waals surface area contributed by atoms with Crippen LogP contribution in [0.4, 0.5) is 0 Å². The van der Waals surface area contributed by atoms with Crippen molar-refractivity contribution in [3.05, 3.63) is 0 Å². The fourth-order valence-electron chi connectivity index (χ4n) is 2.28.